The molecular formula is C19H17N5S. The number of benzene rings is 1. The summed E-state index contributed by atoms with van der Waals surface area (Å²) in [5.41, 5.74) is 4.34. The van der Waals surface area contributed by atoms with Crippen molar-refractivity contribution >= 4 is 28.1 Å². The van der Waals surface area contributed by atoms with Gasteiger partial charge in [0.2, 0.25) is 0 Å². The predicted octanol–water partition coefficient (Wildman–Crippen LogP) is 4.11. The van der Waals surface area contributed by atoms with Crippen molar-refractivity contribution in [1.29, 1.82) is 0 Å². The van der Waals surface area contributed by atoms with Gasteiger partial charge in [-0.25, -0.2) is 15.0 Å². The lowest BCUT2D eigenvalue weighted by molar-refractivity contribution is 1.01. The molecule has 0 unspecified atom stereocenters. The molecule has 0 amide bonds. The molecule has 0 aliphatic carbocycles. The molecule has 3 aromatic heterocycles. The number of fused-ring (bicyclic) bond motifs is 1. The molecule has 4 aromatic rings. The average Bonchev–Trinajstić information content (AvgIpc) is 3.09. The lowest BCUT2D eigenvalue weighted by Crippen LogP contribution is -2.07. The Morgan fingerprint density at radius 1 is 1.08 bits per heavy atom. The molecule has 1 N–H and O–H groups in total. The quantitative estimate of drug-likeness (QED) is 0.588. The van der Waals surface area contributed by atoms with E-state index < -0.39 is 0 Å². The highest BCUT2D eigenvalue weighted by Gasteiger charge is 2.04. The first kappa shape index (κ1) is 15.7. The van der Waals surface area contributed by atoms with Crippen LogP contribution in [0.15, 0.2) is 54.4 Å². The summed E-state index contributed by atoms with van der Waals surface area (Å²) in [6.45, 7) is 2.84. The molecule has 1 aromatic carbocycles. The second-order valence-corrected chi connectivity index (χ2v) is 6.80. The zero-order valence-corrected chi connectivity index (χ0v) is 14.6. The van der Waals surface area contributed by atoms with Crippen LogP contribution in [0.2, 0.25) is 0 Å². The first-order valence-electron chi connectivity index (χ1n) is 8.09. The number of hydrogen-bond donors (Lipinski definition) is 1. The van der Waals surface area contributed by atoms with E-state index in [1.807, 2.05) is 13.0 Å². The zero-order chi connectivity index (χ0) is 17.1. The molecule has 0 radical (unpaired) electrons. The van der Waals surface area contributed by atoms with E-state index in [-0.39, 0.29) is 0 Å². The highest BCUT2D eigenvalue weighted by Crippen LogP contribution is 2.22. The van der Waals surface area contributed by atoms with Gasteiger partial charge in [-0.2, -0.15) is 0 Å². The Bertz CT molecular complexity index is 989. The van der Waals surface area contributed by atoms with E-state index in [9.17, 15) is 0 Å². The maximum absolute atomic E-state index is 4.53. The van der Waals surface area contributed by atoms with E-state index in [4.69, 9.17) is 0 Å². The molecular weight excluding hydrogens is 330 g/mol. The maximum atomic E-state index is 4.53. The number of rotatable bonds is 5. The zero-order valence-electron chi connectivity index (χ0n) is 13.8. The minimum atomic E-state index is 0.809. The molecule has 0 spiro atoms. The van der Waals surface area contributed by atoms with Crippen molar-refractivity contribution in [3.8, 4) is 11.3 Å². The van der Waals surface area contributed by atoms with E-state index in [2.05, 4.69) is 54.9 Å². The number of thiazole rings is 1. The largest absolute Gasteiger partial charge is 0.369 e. The first-order chi connectivity index (χ1) is 12.3. The SMILES string of the molecule is Cc1nc(-c2ccc(CCNc3ncnc4cnccc34)cc2)cs1. The standard InChI is InChI=1S/C19H17N5S/c1-13-24-18(11-25-13)15-4-2-14(3-5-15)6-9-21-19-16-7-8-20-10-17(16)22-12-23-19/h2-5,7-8,10-12H,6,9H2,1H3,(H,21,22,23). The molecule has 25 heavy (non-hydrogen) atoms. The molecule has 0 bridgehead atoms. The van der Waals surface area contributed by atoms with Crippen LogP contribution in [0.3, 0.4) is 0 Å². The fourth-order valence-corrected chi connectivity index (χ4v) is 3.33. The lowest BCUT2D eigenvalue weighted by Gasteiger charge is -2.08. The van der Waals surface area contributed by atoms with E-state index >= 15 is 0 Å². The summed E-state index contributed by atoms with van der Waals surface area (Å²) in [4.78, 5) is 17.2. The van der Waals surface area contributed by atoms with Crippen LogP contribution in [-0.2, 0) is 6.42 Å². The minimum Gasteiger partial charge on any atom is -0.369 e. The van der Waals surface area contributed by atoms with Crippen LogP contribution in [0.5, 0.6) is 0 Å². The van der Waals surface area contributed by atoms with Crippen molar-refractivity contribution in [3.63, 3.8) is 0 Å². The monoisotopic (exact) mass is 347 g/mol. The summed E-state index contributed by atoms with van der Waals surface area (Å²) >= 11 is 1.68. The van der Waals surface area contributed by atoms with Crippen LogP contribution >= 0.6 is 11.3 Å². The number of aromatic nitrogens is 4. The number of pyridine rings is 1. The highest BCUT2D eigenvalue weighted by atomic mass is 32.1. The smallest absolute Gasteiger partial charge is 0.137 e. The van der Waals surface area contributed by atoms with Crippen molar-refractivity contribution in [2.24, 2.45) is 0 Å². The van der Waals surface area contributed by atoms with Gasteiger partial charge in [-0.1, -0.05) is 24.3 Å². The normalized spacial score (nSPS) is 10.9. The molecule has 0 saturated carbocycles. The fourth-order valence-electron chi connectivity index (χ4n) is 2.71. The van der Waals surface area contributed by atoms with Crippen LogP contribution in [0.4, 0.5) is 5.82 Å². The summed E-state index contributed by atoms with van der Waals surface area (Å²) in [6, 6.07) is 10.5. The molecule has 0 aliphatic rings. The van der Waals surface area contributed by atoms with Crippen molar-refractivity contribution in [1.82, 2.24) is 19.9 Å². The molecule has 0 atom stereocenters. The second-order valence-electron chi connectivity index (χ2n) is 5.74. The molecule has 124 valence electrons. The molecule has 5 nitrogen and oxygen atoms in total. The molecule has 0 saturated heterocycles. The lowest BCUT2D eigenvalue weighted by atomic mass is 10.1. The number of nitrogens with zero attached hydrogens (tertiary/aromatic N) is 4. The van der Waals surface area contributed by atoms with Gasteiger partial charge < -0.3 is 5.32 Å². The van der Waals surface area contributed by atoms with Gasteiger partial charge in [-0.15, -0.1) is 11.3 Å². The Balaban J connectivity index is 1.41. The third-order valence-corrected chi connectivity index (χ3v) is 4.79. The van der Waals surface area contributed by atoms with Crippen molar-refractivity contribution < 1.29 is 0 Å². The summed E-state index contributed by atoms with van der Waals surface area (Å²) in [7, 11) is 0. The van der Waals surface area contributed by atoms with E-state index in [0.717, 1.165) is 46.0 Å². The molecule has 6 heteroatoms. The molecule has 0 fully saturated rings. The van der Waals surface area contributed by atoms with Crippen molar-refractivity contribution in [2.45, 2.75) is 13.3 Å². The van der Waals surface area contributed by atoms with E-state index in [1.165, 1.54) is 5.56 Å². The molecule has 0 aliphatic heterocycles. The highest BCUT2D eigenvalue weighted by molar-refractivity contribution is 7.09. The Labute approximate surface area is 149 Å². The molecule has 4 rings (SSSR count). The van der Waals surface area contributed by atoms with Crippen molar-refractivity contribution in [2.75, 3.05) is 11.9 Å². The van der Waals surface area contributed by atoms with Crippen LogP contribution in [0, 0.1) is 6.92 Å². The fraction of sp³-hybridized carbons (Fsp3) is 0.158. The van der Waals surface area contributed by atoms with Gasteiger partial charge in [-0.05, 0) is 25.0 Å². The van der Waals surface area contributed by atoms with Gasteiger partial charge in [-0.3, -0.25) is 4.98 Å². The van der Waals surface area contributed by atoms with Gasteiger partial charge in [0.05, 0.1) is 22.4 Å². The van der Waals surface area contributed by atoms with Crippen LogP contribution in [0.1, 0.15) is 10.6 Å². The maximum Gasteiger partial charge on any atom is 0.137 e. The Hall–Kier alpha value is -2.86. The summed E-state index contributed by atoms with van der Waals surface area (Å²) in [6.07, 6.45) is 6.00. The van der Waals surface area contributed by atoms with Gasteiger partial charge in [0, 0.05) is 29.1 Å². The number of nitrogens with one attached hydrogen (secondary N) is 1. The van der Waals surface area contributed by atoms with Crippen LogP contribution in [-0.4, -0.2) is 26.5 Å². The molecule has 3 heterocycles. The van der Waals surface area contributed by atoms with Crippen molar-refractivity contribution in [3.05, 3.63) is 65.0 Å². The van der Waals surface area contributed by atoms with E-state index in [1.54, 1.807) is 30.1 Å². The number of hydrogen-bond acceptors (Lipinski definition) is 6. The topological polar surface area (TPSA) is 63.6 Å². The minimum absolute atomic E-state index is 0.809. The number of aryl methyl sites for hydroxylation is 1. The van der Waals surface area contributed by atoms with Gasteiger partial charge in [0.15, 0.2) is 0 Å². The predicted molar refractivity (Wildman–Crippen MR) is 102 cm³/mol. The van der Waals surface area contributed by atoms with E-state index in [0.29, 0.717) is 0 Å². The second kappa shape index (κ2) is 6.94. The summed E-state index contributed by atoms with van der Waals surface area (Å²) in [5, 5.41) is 7.58. The van der Waals surface area contributed by atoms with Gasteiger partial charge >= 0.3 is 0 Å². The summed E-state index contributed by atoms with van der Waals surface area (Å²) < 4.78 is 0. The number of anilines is 1. The Morgan fingerprint density at radius 3 is 2.76 bits per heavy atom. The van der Waals surface area contributed by atoms with Gasteiger partial charge in [0.1, 0.15) is 12.1 Å². The van der Waals surface area contributed by atoms with Crippen LogP contribution < -0.4 is 5.32 Å². The Morgan fingerprint density at radius 2 is 1.96 bits per heavy atom. The first-order valence-corrected chi connectivity index (χ1v) is 8.97. The summed E-state index contributed by atoms with van der Waals surface area (Å²) in [5.74, 6) is 0.849. The average molecular weight is 347 g/mol. The third-order valence-electron chi connectivity index (χ3n) is 4.01. The third kappa shape index (κ3) is 3.49. The van der Waals surface area contributed by atoms with Crippen LogP contribution in [0.25, 0.3) is 22.2 Å². The van der Waals surface area contributed by atoms with Gasteiger partial charge in [0.25, 0.3) is 0 Å². The Kier molecular flexibility index (Phi) is 4.35.